The Bertz CT molecular complexity index is 799. The van der Waals surface area contributed by atoms with Gasteiger partial charge in [-0.1, -0.05) is 48.5 Å². The normalized spacial score (nSPS) is 13.4. The van der Waals surface area contributed by atoms with Crippen LogP contribution < -0.4 is 4.90 Å². The Balaban J connectivity index is 1.79. The minimum absolute atomic E-state index is 0.126. The highest BCUT2D eigenvalue weighted by Gasteiger charge is 2.43. The highest BCUT2D eigenvalue weighted by atomic mass is 16.2. The van der Waals surface area contributed by atoms with Crippen molar-refractivity contribution in [3.8, 4) is 0 Å². The summed E-state index contributed by atoms with van der Waals surface area (Å²) in [5, 5.41) is 0. The molecule has 0 fully saturated rings. The number of hydrogen-bond donors (Lipinski definition) is 0. The number of amides is 2. The van der Waals surface area contributed by atoms with Crippen molar-refractivity contribution in [1.29, 1.82) is 0 Å². The summed E-state index contributed by atoms with van der Waals surface area (Å²) in [5.74, 6) is -0.253. The van der Waals surface area contributed by atoms with Crippen LogP contribution >= 0.6 is 0 Å². The van der Waals surface area contributed by atoms with Crippen molar-refractivity contribution in [3.63, 3.8) is 0 Å². The van der Waals surface area contributed by atoms with Crippen molar-refractivity contribution in [3.05, 3.63) is 65.7 Å². The third-order valence-electron chi connectivity index (χ3n) is 5.09. The van der Waals surface area contributed by atoms with Gasteiger partial charge in [-0.05, 0) is 44.4 Å². The fourth-order valence-electron chi connectivity index (χ4n) is 3.50. The molecule has 26 heavy (non-hydrogen) atoms. The van der Waals surface area contributed by atoms with Crippen LogP contribution in [-0.2, 0) is 22.6 Å². The summed E-state index contributed by atoms with van der Waals surface area (Å²) in [6, 6.07) is 17.8. The minimum Gasteiger partial charge on any atom is -0.338 e. The maximum atomic E-state index is 13.2. The predicted molar refractivity (Wildman–Crippen MR) is 104 cm³/mol. The average Bonchev–Trinajstić information content (AvgIpc) is 3.09. The van der Waals surface area contributed by atoms with Crippen molar-refractivity contribution < 1.29 is 9.59 Å². The second-order valence-corrected chi connectivity index (χ2v) is 7.27. The molecule has 2 amide bonds. The van der Waals surface area contributed by atoms with Gasteiger partial charge in [0.1, 0.15) is 5.41 Å². The molecule has 4 heteroatoms. The van der Waals surface area contributed by atoms with Gasteiger partial charge in [-0.15, -0.1) is 0 Å². The zero-order chi connectivity index (χ0) is 18.7. The molecule has 0 saturated carbocycles. The van der Waals surface area contributed by atoms with Crippen molar-refractivity contribution in [2.24, 2.45) is 5.41 Å². The number of nitrogens with zero attached hydrogens (tertiary/aromatic N) is 2. The molecule has 0 N–H and O–H groups in total. The Hall–Kier alpha value is -2.62. The first kappa shape index (κ1) is 18.2. The van der Waals surface area contributed by atoms with E-state index in [1.54, 1.807) is 23.6 Å². The van der Waals surface area contributed by atoms with E-state index >= 15 is 0 Å². The van der Waals surface area contributed by atoms with Gasteiger partial charge < -0.3 is 9.80 Å². The third kappa shape index (κ3) is 3.36. The van der Waals surface area contributed by atoms with Crippen molar-refractivity contribution in [1.82, 2.24) is 4.90 Å². The van der Waals surface area contributed by atoms with Gasteiger partial charge >= 0.3 is 0 Å². The molecule has 3 rings (SSSR count). The number of carbonyl (C=O) groups is 2. The number of fused-ring (bicyclic) bond motifs is 1. The number of hydrogen-bond acceptors (Lipinski definition) is 2. The lowest BCUT2D eigenvalue weighted by Gasteiger charge is -2.33. The monoisotopic (exact) mass is 350 g/mol. The van der Waals surface area contributed by atoms with Gasteiger partial charge in [0.25, 0.3) is 0 Å². The molecule has 136 valence electrons. The summed E-state index contributed by atoms with van der Waals surface area (Å²) in [7, 11) is 0. The molecule has 0 saturated heterocycles. The molecule has 0 aromatic heterocycles. The topological polar surface area (TPSA) is 40.6 Å². The Morgan fingerprint density at radius 3 is 2.38 bits per heavy atom. The number of anilines is 1. The SMILES string of the molecule is CCN(Cc1ccccc1)C(=O)C(C)(C)C(=O)N1CCc2ccccc21. The molecule has 4 nitrogen and oxygen atoms in total. The van der Waals surface area contributed by atoms with Crippen LogP contribution in [-0.4, -0.2) is 29.8 Å². The third-order valence-corrected chi connectivity index (χ3v) is 5.09. The quantitative estimate of drug-likeness (QED) is 0.772. The van der Waals surface area contributed by atoms with Gasteiger partial charge in [-0.25, -0.2) is 0 Å². The summed E-state index contributed by atoms with van der Waals surface area (Å²) in [5.41, 5.74) is 2.07. The predicted octanol–water partition coefficient (Wildman–Crippen LogP) is 3.65. The maximum absolute atomic E-state index is 13.2. The van der Waals surface area contributed by atoms with E-state index in [0.29, 0.717) is 19.6 Å². The lowest BCUT2D eigenvalue weighted by molar-refractivity contribution is -0.147. The Morgan fingerprint density at radius 1 is 1.04 bits per heavy atom. The highest BCUT2D eigenvalue weighted by Crippen LogP contribution is 2.33. The molecule has 0 bridgehead atoms. The van der Waals surface area contributed by atoms with E-state index in [1.807, 2.05) is 61.5 Å². The zero-order valence-corrected chi connectivity index (χ0v) is 15.7. The Kier molecular flexibility index (Phi) is 5.12. The van der Waals surface area contributed by atoms with Crippen LogP contribution in [0.1, 0.15) is 31.9 Å². The molecule has 1 aliphatic heterocycles. The van der Waals surface area contributed by atoms with Crippen LogP contribution in [0.15, 0.2) is 54.6 Å². The maximum Gasteiger partial charge on any atom is 0.242 e. The first-order valence-corrected chi connectivity index (χ1v) is 9.18. The van der Waals surface area contributed by atoms with Crippen molar-refractivity contribution >= 4 is 17.5 Å². The van der Waals surface area contributed by atoms with Crippen molar-refractivity contribution in [2.45, 2.75) is 33.7 Å². The Morgan fingerprint density at radius 2 is 1.69 bits per heavy atom. The first-order chi connectivity index (χ1) is 12.4. The molecule has 2 aromatic carbocycles. The number of carbonyl (C=O) groups excluding carboxylic acids is 2. The van der Waals surface area contributed by atoms with Gasteiger partial charge in [-0.3, -0.25) is 9.59 Å². The summed E-state index contributed by atoms with van der Waals surface area (Å²) in [4.78, 5) is 29.9. The number of benzene rings is 2. The van der Waals surface area contributed by atoms with E-state index in [9.17, 15) is 9.59 Å². The summed E-state index contributed by atoms with van der Waals surface area (Å²) < 4.78 is 0. The van der Waals surface area contributed by atoms with Gasteiger partial charge in [0.15, 0.2) is 0 Å². The summed E-state index contributed by atoms with van der Waals surface area (Å²) >= 11 is 0. The van der Waals surface area contributed by atoms with E-state index in [4.69, 9.17) is 0 Å². The molecule has 0 atom stereocenters. The van der Waals surface area contributed by atoms with Gasteiger partial charge in [-0.2, -0.15) is 0 Å². The fourth-order valence-corrected chi connectivity index (χ4v) is 3.50. The van der Waals surface area contributed by atoms with Crippen LogP contribution in [0.5, 0.6) is 0 Å². The van der Waals surface area contributed by atoms with Crippen LogP contribution in [0.25, 0.3) is 0 Å². The summed E-state index contributed by atoms with van der Waals surface area (Å²) in [6.07, 6.45) is 0.841. The lowest BCUT2D eigenvalue weighted by Crippen LogP contribution is -2.50. The first-order valence-electron chi connectivity index (χ1n) is 9.18. The van der Waals surface area contributed by atoms with E-state index < -0.39 is 5.41 Å². The lowest BCUT2D eigenvalue weighted by atomic mass is 9.89. The standard InChI is InChI=1S/C22H26N2O2/c1-4-23(16-17-10-6-5-7-11-17)20(25)22(2,3)21(26)24-15-14-18-12-8-9-13-19(18)24/h5-13H,4,14-16H2,1-3H3. The molecule has 0 aliphatic carbocycles. The van der Waals surface area contributed by atoms with Gasteiger partial charge in [0.05, 0.1) is 0 Å². The minimum atomic E-state index is -1.09. The average molecular weight is 350 g/mol. The molecule has 2 aromatic rings. The number of rotatable bonds is 5. The molecular formula is C22H26N2O2. The van der Waals surface area contributed by atoms with E-state index in [1.165, 1.54) is 5.56 Å². The van der Waals surface area contributed by atoms with Crippen LogP contribution in [0.4, 0.5) is 5.69 Å². The number of para-hydroxylation sites is 1. The van der Waals surface area contributed by atoms with E-state index in [2.05, 4.69) is 0 Å². The second kappa shape index (κ2) is 7.32. The molecule has 0 radical (unpaired) electrons. The molecule has 0 unspecified atom stereocenters. The van der Waals surface area contributed by atoms with Crippen LogP contribution in [0.3, 0.4) is 0 Å². The van der Waals surface area contributed by atoms with E-state index in [0.717, 1.165) is 17.7 Å². The zero-order valence-electron chi connectivity index (χ0n) is 15.7. The Labute approximate surface area is 155 Å². The molecule has 0 spiro atoms. The van der Waals surface area contributed by atoms with Crippen LogP contribution in [0.2, 0.25) is 0 Å². The summed E-state index contributed by atoms with van der Waals surface area (Å²) in [6.45, 7) is 7.16. The second-order valence-electron chi connectivity index (χ2n) is 7.27. The van der Waals surface area contributed by atoms with E-state index in [-0.39, 0.29) is 11.8 Å². The largest absolute Gasteiger partial charge is 0.338 e. The van der Waals surface area contributed by atoms with Crippen LogP contribution in [0, 0.1) is 5.41 Å². The van der Waals surface area contributed by atoms with Crippen molar-refractivity contribution in [2.75, 3.05) is 18.0 Å². The fraction of sp³-hybridized carbons (Fsp3) is 0.364. The molecule has 1 aliphatic rings. The highest BCUT2D eigenvalue weighted by molar-refractivity contribution is 6.11. The van der Waals surface area contributed by atoms with Gasteiger partial charge in [0.2, 0.25) is 11.8 Å². The smallest absolute Gasteiger partial charge is 0.242 e. The molecular weight excluding hydrogens is 324 g/mol. The van der Waals surface area contributed by atoms with Gasteiger partial charge in [0, 0.05) is 25.3 Å². The molecule has 1 heterocycles.